The molecule has 0 spiro atoms. The number of nitrogens with zero attached hydrogens (tertiary/aromatic N) is 2. The monoisotopic (exact) mass is 414 g/mol. The van der Waals surface area contributed by atoms with Crippen LogP contribution in [0.3, 0.4) is 0 Å². The van der Waals surface area contributed by atoms with Crippen molar-refractivity contribution in [1.29, 1.82) is 0 Å². The van der Waals surface area contributed by atoms with E-state index in [9.17, 15) is 9.59 Å². The minimum Gasteiger partial charge on any atom is -0.354 e. The quantitative estimate of drug-likeness (QED) is 0.573. The van der Waals surface area contributed by atoms with E-state index in [4.69, 9.17) is 11.6 Å². The van der Waals surface area contributed by atoms with Gasteiger partial charge < -0.3 is 10.6 Å². The molecule has 1 unspecified atom stereocenters. The Morgan fingerprint density at radius 2 is 1.89 bits per heavy atom. The first-order valence-electron chi connectivity index (χ1n) is 8.70. The topological polar surface area (TPSA) is 84.0 Å². The lowest BCUT2D eigenvalue weighted by molar-refractivity contribution is -0.121. The Hall–Kier alpha value is -2.77. The third-order valence-corrected chi connectivity index (χ3v) is 5.25. The van der Waals surface area contributed by atoms with Crippen LogP contribution in [-0.2, 0) is 9.59 Å². The average Bonchev–Trinajstić information content (AvgIpc) is 3.16. The highest BCUT2D eigenvalue weighted by Gasteiger charge is 2.17. The number of hydrogen-bond donors (Lipinski definition) is 2. The van der Waals surface area contributed by atoms with Gasteiger partial charge >= 0.3 is 0 Å². The van der Waals surface area contributed by atoms with Gasteiger partial charge in [-0.05, 0) is 18.6 Å². The van der Waals surface area contributed by atoms with E-state index in [2.05, 4.69) is 20.8 Å². The molecule has 2 N–H and O–H groups in total. The number of hydrogen-bond acceptors (Lipinski definition) is 5. The zero-order chi connectivity index (χ0) is 19.9. The van der Waals surface area contributed by atoms with Crippen molar-refractivity contribution in [2.45, 2.75) is 18.7 Å². The lowest BCUT2D eigenvalue weighted by Crippen LogP contribution is -2.30. The van der Waals surface area contributed by atoms with Crippen LogP contribution in [0.1, 0.15) is 22.9 Å². The molecule has 144 valence electrons. The largest absolute Gasteiger partial charge is 0.354 e. The first kappa shape index (κ1) is 20.0. The lowest BCUT2D eigenvalue weighted by Gasteiger charge is -2.10. The minimum absolute atomic E-state index is 0.115. The SMILES string of the molecule is Cc1cccc(-c2nnc(NC(=O)CCNC(=O)C(Cl)c3ccccc3)s2)c1. The molecule has 1 aromatic heterocycles. The molecule has 0 saturated heterocycles. The summed E-state index contributed by atoms with van der Waals surface area (Å²) in [5, 5.41) is 13.9. The van der Waals surface area contributed by atoms with Crippen LogP contribution in [0.2, 0.25) is 0 Å². The van der Waals surface area contributed by atoms with Gasteiger partial charge in [-0.15, -0.1) is 21.8 Å². The number of carbonyl (C=O) groups is 2. The van der Waals surface area contributed by atoms with E-state index in [0.29, 0.717) is 10.7 Å². The third-order valence-electron chi connectivity index (χ3n) is 3.91. The predicted octanol–water partition coefficient (Wildman–Crippen LogP) is 3.94. The Bertz CT molecular complexity index is 962. The Morgan fingerprint density at radius 1 is 1.11 bits per heavy atom. The van der Waals surface area contributed by atoms with Gasteiger partial charge in [0, 0.05) is 18.5 Å². The van der Waals surface area contributed by atoms with E-state index in [1.165, 1.54) is 11.3 Å². The number of benzene rings is 2. The molecule has 0 aliphatic rings. The summed E-state index contributed by atoms with van der Waals surface area (Å²) in [5.74, 6) is -0.587. The average molecular weight is 415 g/mol. The molecule has 8 heteroatoms. The molecule has 0 aliphatic carbocycles. The Balaban J connectivity index is 1.47. The van der Waals surface area contributed by atoms with E-state index < -0.39 is 5.38 Å². The maximum absolute atomic E-state index is 12.1. The molecule has 0 bridgehead atoms. The Kier molecular flexibility index (Phi) is 6.73. The van der Waals surface area contributed by atoms with Gasteiger partial charge in [-0.1, -0.05) is 65.4 Å². The molecular formula is C20H19ClN4O2S. The van der Waals surface area contributed by atoms with Crippen LogP contribution >= 0.6 is 22.9 Å². The Morgan fingerprint density at radius 3 is 2.64 bits per heavy atom. The summed E-state index contributed by atoms with van der Waals surface area (Å²) in [6, 6.07) is 17.0. The molecule has 0 aliphatic heterocycles. The molecule has 2 aromatic carbocycles. The van der Waals surface area contributed by atoms with Crippen molar-refractivity contribution in [3.05, 3.63) is 65.7 Å². The summed E-state index contributed by atoms with van der Waals surface area (Å²) in [5.41, 5.74) is 2.80. The van der Waals surface area contributed by atoms with E-state index in [1.807, 2.05) is 49.4 Å². The van der Waals surface area contributed by atoms with Crippen molar-refractivity contribution >= 4 is 39.9 Å². The van der Waals surface area contributed by atoms with Crippen LogP contribution in [-0.4, -0.2) is 28.6 Å². The van der Waals surface area contributed by atoms with Crippen LogP contribution in [0.15, 0.2) is 54.6 Å². The van der Waals surface area contributed by atoms with Crippen molar-refractivity contribution in [3.8, 4) is 10.6 Å². The summed E-state index contributed by atoms with van der Waals surface area (Å²) >= 11 is 7.45. The summed E-state index contributed by atoms with van der Waals surface area (Å²) in [4.78, 5) is 24.2. The van der Waals surface area contributed by atoms with Gasteiger partial charge in [-0.2, -0.15) is 0 Å². The fraction of sp³-hybridized carbons (Fsp3) is 0.200. The Labute approximate surface area is 172 Å². The first-order valence-corrected chi connectivity index (χ1v) is 9.95. The molecule has 0 fully saturated rings. The second-order valence-electron chi connectivity index (χ2n) is 6.14. The van der Waals surface area contributed by atoms with Gasteiger partial charge in [0.1, 0.15) is 10.4 Å². The van der Waals surface area contributed by atoms with Crippen LogP contribution in [0.4, 0.5) is 5.13 Å². The molecule has 28 heavy (non-hydrogen) atoms. The summed E-state index contributed by atoms with van der Waals surface area (Å²) in [6.07, 6.45) is 0.115. The standard InChI is InChI=1S/C20H19ClN4O2S/c1-13-6-5-9-15(12-13)19-24-25-20(28-19)23-16(26)10-11-22-18(27)17(21)14-7-3-2-4-8-14/h2-9,12,17H,10-11H2,1H3,(H,22,27)(H,23,25,26). The number of rotatable bonds is 7. The molecule has 0 saturated carbocycles. The number of nitrogens with one attached hydrogen (secondary N) is 2. The first-order chi connectivity index (χ1) is 13.5. The summed E-state index contributed by atoms with van der Waals surface area (Å²) in [6.45, 7) is 2.19. The number of anilines is 1. The summed E-state index contributed by atoms with van der Waals surface area (Å²) < 4.78 is 0. The fourth-order valence-corrected chi connectivity index (χ4v) is 3.49. The second kappa shape index (κ2) is 9.43. The number of aryl methyl sites for hydroxylation is 1. The highest BCUT2D eigenvalue weighted by atomic mass is 35.5. The van der Waals surface area contributed by atoms with E-state index in [1.54, 1.807) is 12.1 Å². The van der Waals surface area contributed by atoms with E-state index in [-0.39, 0.29) is 24.8 Å². The van der Waals surface area contributed by atoms with Crippen LogP contribution in [0.25, 0.3) is 10.6 Å². The van der Waals surface area contributed by atoms with Crippen LogP contribution in [0.5, 0.6) is 0 Å². The van der Waals surface area contributed by atoms with Crippen molar-refractivity contribution in [2.75, 3.05) is 11.9 Å². The molecule has 1 heterocycles. The van der Waals surface area contributed by atoms with E-state index in [0.717, 1.165) is 16.1 Å². The van der Waals surface area contributed by atoms with Gasteiger partial charge in [0.05, 0.1) is 0 Å². The smallest absolute Gasteiger partial charge is 0.242 e. The maximum atomic E-state index is 12.1. The second-order valence-corrected chi connectivity index (χ2v) is 7.56. The van der Waals surface area contributed by atoms with Crippen molar-refractivity contribution < 1.29 is 9.59 Å². The molecule has 2 amide bonds. The molecule has 0 radical (unpaired) electrons. The van der Waals surface area contributed by atoms with Gasteiger partial charge in [-0.25, -0.2) is 0 Å². The number of halogens is 1. The zero-order valence-electron chi connectivity index (χ0n) is 15.2. The molecular weight excluding hydrogens is 396 g/mol. The van der Waals surface area contributed by atoms with Crippen molar-refractivity contribution in [1.82, 2.24) is 15.5 Å². The van der Waals surface area contributed by atoms with Crippen molar-refractivity contribution in [3.63, 3.8) is 0 Å². The zero-order valence-corrected chi connectivity index (χ0v) is 16.8. The van der Waals surface area contributed by atoms with Crippen LogP contribution < -0.4 is 10.6 Å². The van der Waals surface area contributed by atoms with Crippen molar-refractivity contribution in [2.24, 2.45) is 0 Å². The molecule has 3 rings (SSSR count). The fourth-order valence-electron chi connectivity index (χ4n) is 2.51. The number of alkyl halides is 1. The van der Waals surface area contributed by atoms with Gasteiger partial charge in [0.15, 0.2) is 0 Å². The van der Waals surface area contributed by atoms with Gasteiger partial charge in [0.2, 0.25) is 16.9 Å². The maximum Gasteiger partial charge on any atom is 0.242 e. The number of carbonyl (C=O) groups excluding carboxylic acids is 2. The third kappa shape index (κ3) is 5.37. The molecule has 1 atom stereocenters. The van der Waals surface area contributed by atoms with Crippen LogP contribution in [0, 0.1) is 6.92 Å². The number of aromatic nitrogens is 2. The normalized spacial score (nSPS) is 11.6. The van der Waals surface area contributed by atoms with Gasteiger partial charge in [-0.3, -0.25) is 9.59 Å². The minimum atomic E-state index is -0.788. The summed E-state index contributed by atoms with van der Waals surface area (Å²) in [7, 11) is 0. The van der Waals surface area contributed by atoms with Gasteiger partial charge in [0.25, 0.3) is 0 Å². The molecule has 3 aromatic rings. The highest BCUT2D eigenvalue weighted by Crippen LogP contribution is 2.26. The predicted molar refractivity (Wildman–Crippen MR) is 111 cm³/mol. The van der Waals surface area contributed by atoms with E-state index >= 15 is 0 Å². The highest BCUT2D eigenvalue weighted by molar-refractivity contribution is 7.18. The molecule has 6 nitrogen and oxygen atoms in total. The number of amides is 2. The lowest BCUT2D eigenvalue weighted by atomic mass is 10.1.